The van der Waals surface area contributed by atoms with Crippen LogP contribution >= 0.6 is 11.3 Å². The summed E-state index contributed by atoms with van der Waals surface area (Å²) < 4.78 is 4.96. The van der Waals surface area contributed by atoms with Crippen LogP contribution in [-0.4, -0.2) is 22.8 Å². The molecule has 2 N–H and O–H groups in total. The number of amides is 2. The maximum Gasteiger partial charge on any atom is 0.301 e. The van der Waals surface area contributed by atoms with Crippen molar-refractivity contribution in [1.29, 1.82) is 0 Å². The number of carbonyl (C=O) groups excluding carboxylic acids is 2. The monoisotopic (exact) mass is 293 g/mol. The van der Waals surface area contributed by atoms with Gasteiger partial charge in [-0.1, -0.05) is 19.9 Å². The number of rotatable bonds is 5. The fraction of sp³-hybridized carbons (Fsp3) is 0.308. The van der Waals surface area contributed by atoms with Gasteiger partial charge in [-0.15, -0.1) is 11.3 Å². The SMILES string of the molecule is CC(C)[C@H](NC(=O)c1cccs1)C(=O)Nc1ncco1. The number of carbonyl (C=O) groups is 2. The maximum atomic E-state index is 12.1. The van der Waals surface area contributed by atoms with Crippen LogP contribution in [0.25, 0.3) is 0 Å². The molecule has 2 rings (SSSR count). The minimum absolute atomic E-state index is 0.0612. The van der Waals surface area contributed by atoms with Crippen LogP contribution in [0.3, 0.4) is 0 Å². The van der Waals surface area contributed by atoms with Crippen molar-refractivity contribution < 1.29 is 14.0 Å². The molecule has 0 aliphatic heterocycles. The fourth-order valence-corrected chi connectivity index (χ4v) is 2.25. The number of anilines is 1. The second kappa shape index (κ2) is 6.33. The third-order valence-electron chi connectivity index (χ3n) is 2.64. The molecule has 1 atom stereocenters. The van der Waals surface area contributed by atoms with Gasteiger partial charge in [0.2, 0.25) is 0 Å². The summed E-state index contributed by atoms with van der Waals surface area (Å²) in [6.45, 7) is 3.71. The Hall–Kier alpha value is -2.15. The van der Waals surface area contributed by atoms with Crippen LogP contribution in [-0.2, 0) is 4.79 Å². The summed E-state index contributed by atoms with van der Waals surface area (Å²) in [7, 11) is 0. The van der Waals surface area contributed by atoms with Gasteiger partial charge in [-0.3, -0.25) is 14.9 Å². The number of nitrogens with one attached hydrogen (secondary N) is 2. The first-order valence-corrected chi connectivity index (χ1v) is 7.00. The van der Waals surface area contributed by atoms with E-state index >= 15 is 0 Å². The smallest absolute Gasteiger partial charge is 0.301 e. The van der Waals surface area contributed by atoms with E-state index in [0.717, 1.165) is 0 Å². The van der Waals surface area contributed by atoms with Crippen molar-refractivity contribution in [1.82, 2.24) is 10.3 Å². The quantitative estimate of drug-likeness (QED) is 0.884. The van der Waals surface area contributed by atoms with Crippen molar-refractivity contribution in [3.05, 3.63) is 34.8 Å². The molecule has 2 heterocycles. The van der Waals surface area contributed by atoms with Crippen LogP contribution in [0.5, 0.6) is 0 Å². The van der Waals surface area contributed by atoms with Crippen LogP contribution in [0.2, 0.25) is 0 Å². The average Bonchev–Trinajstić information content (AvgIpc) is 3.07. The van der Waals surface area contributed by atoms with Crippen molar-refractivity contribution in [2.45, 2.75) is 19.9 Å². The zero-order chi connectivity index (χ0) is 14.5. The molecule has 0 spiro atoms. The van der Waals surface area contributed by atoms with E-state index in [2.05, 4.69) is 15.6 Å². The number of hydrogen-bond acceptors (Lipinski definition) is 5. The minimum Gasteiger partial charge on any atom is -0.432 e. The molecule has 0 saturated heterocycles. The standard InChI is InChI=1S/C13H15N3O3S/c1-8(2)10(12(18)16-13-14-5-6-19-13)15-11(17)9-4-3-7-20-9/h3-8,10H,1-2H3,(H,15,17)(H,14,16,18)/t10-/m0/s1. The molecule has 0 saturated carbocycles. The van der Waals surface area contributed by atoms with Gasteiger partial charge in [0.1, 0.15) is 12.3 Å². The molecule has 6 nitrogen and oxygen atoms in total. The number of nitrogens with zero attached hydrogens (tertiary/aromatic N) is 1. The van der Waals surface area contributed by atoms with Gasteiger partial charge in [0.05, 0.1) is 11.1 Å². The number of hydrogen-bond donors (Lipinski definition) is 2. The Morgan fingerprint density at radius 1 is 1.40 bits per heavy atom. The Labute approximate surface area is 120 Å². The molecule has 7 heteroatoms. The molecule has 2 aromatic rings. The Morgan fingerprint density at radius 3 is 2.75 bits per heavy atom. The fourth-order valence-electron chi connectivity index (χ4n) is 1.62. The number of oxazole rings is 1. The Balaban J connectivity index is 2.03. The van der Waals surface area contributed by atoms with Gasteiger partial charge in [-0.05, 0) is 17.4 Å². The highest BCUT2D eigenvalue weighted by atomic mass is 32.1. The summed E-state index contributed by atoms with van der Waals surface area (Å²) in [5.41, 5.74) is 0. The lowest BCUT2D eigenvalue weighted by Gasteiger charge is -2.20. The predicted molar refractivity (Wildman–Crippen MR) is 75.5 cm³/mol. The lowest BCUT2D eigenvalue weighted by Crippen LogP contribution is -2.47. The molecular weight excluding hydrogens is 278 g/mol. The molecule has 0 fully saturated rings. The molecule has 106 valence electrons. The van der Waals surface area contributed by atoms with E-state index in [1.807, 2.05) is 19.2 Å². The van der Waals surface area contributed by atoms with Gasteiger partial charge in [0.25, 0.3) is 11.8 Å². The topological polar surface area (TPSA) is 84.2 Å². The van der Waals surface area contributed by atoms with Crippen LogP contribution in [0, 0.1) is 5.92 Å². The third-order valence-corrected chi connectivity index (χ3v) is 3.51. The van der Waals surface area contributed by atoms with Gasteiger partial charge < -0.3 is 9.73 Å². The van der Waals surface area contributed by atoms with E-state index in [4.69, 9.17) is 4.42 Å². The highest BCUT2D eigenvalue weighted by Crippen LogP contribution is 2.11. The Kier molecular flexibility index (Phi) is 4.52. The van der Waals surface area contributed by atoms with Crippen molar-refractivity contribution in [3.63, 3.8) is 0 Å². The third kappa shape index (κ3) is 3.45. The van der Waals surface area contributed by atoms with Gasteiger partial charge in [-0.25, -0.2) is 4.98 Å². The van der Waals surface area contributed by atoms with Gasteiger partial charge in [0.15, 0.2) is 0 Å². The highest BCUT2D eigenvalue weighted by molar-refractivity contribution is 7.12. The normalized spacial score (nSPS) is 12.2. The molecule has 0 radical (unpaired) electrons. The van der Waals surface area contributed by atoms with Gasteiger partial charge >= 0.3 is 6.01 Å². The summed E-state index contributed by atoms with van der Waals surface area (Å²) in [6, 6.07) is 2.96. The summed E-state index contributed by atoms with van der Waals surface area (Å²) >= 11 is 1.33. The van der Waals surface area contributed by atoms with Crippen LogP contribution < -0.4 is 10.6 Å². The summed E-state index contributed by atoms with van der Waals surface area (Å²) in [6.07, 6.45) is 2.80. The summed E-state index contributed by atoms with van der Waals surface area (Å²) in [5.74, 6) is -0.678. The van der Waals surface area contributed by atoms with E-state index in [1.54, 1.807) is 12.1 Å². The zero-order valence-corrected chi connectivity index (χ0v) is 11.9. The molecule has 0 unspecified atom stereocenters. The summed E-state index contributed by atoms with van der Waals surface area (Å²) in [5, 5.41) is 7.06. The van der Waals surface area contributed by atoms with E-state index in [-0.39, 0.29) is 23.7 Å². The van der Waals surface area contributed by atoms with Gasteiger partial charge in [0, 0.05) is 0 Å². The first kappa shape index (κ1) is 14.3. The maximum absolute atomic E-state index is 12.1. The zero-order valence-electron chi connectivity index (χ0n) is 11.1. The molecule has 20 heavy (non-hydrogen) atoms. The molecule has 0 aromatic carbocycles. The van der Waals surface area contributed by atoms with Crippen molar-refractivity contribution in [2.24, 2.45) is 5.92 Å². The molecular formula is C13H15N3O3S. The van der Waals surface area contributed by atoms with E-state index in [1.165, 1.54) is 23.8 Å². The molecule has 2 aromatic heterocycles. The van der Waals surface area contributed by atoms with Crippen molar-refractivity contribution in [2.75, 3.05) is 5.32 Å². The predicted octanol–water partition coefficient (Wildman–Crippen LogP) is 2.13. The number of aromatic nitrogens is 1. The molecule has 0 aliphatic carbocycles. The summed E-state index contributed by atoms with van der Waals surface area (Å²) in [4.78, 5) is 28.5. The second-order valence-electron chi connectivity index (χ2n) is 4.50. The number of thiophene rings is 1. The minimum atomic E-state index is -0.656. The van der Waals surface area contributed by atoms with Gasteiger partial charge in [-0.2, -0.15) is 0 Å². The first-order valence-electron chi connectivity index (χ1n) is 6.12. The molecule has 0 aliphatic rings. The molecule has 2 amide bonds. The van der Waals surface area contributed by atoms with Crippen molar-refractivity contribution >= 4 is 29.2 Å². The van der Waals surface area contributed by atoms with Crippen LogP contribution in [0.15, 0.2) is 34.4 Å². The van der Waals surface area contributed by atoms with Crippen molar-refractivity contribution in [3.8, 4) is 0 Å². The second-order valence-corrected chi connectivity index (χ2v) is 5.45. The Morgan fingerprint density at radius 2 is 2.20 bits per heavy atom. The van der Waals surface area contributed by atoms with Crippen LogP contribution in [0.4, 0.5) is 6.01 Å². The lowest BCUT2D eigenvalue weighted by molar-refractivity contribution is -0.119. The first-order chi connectivity index (χ1) is 9.58. The van der Waals surface area contributed by atoms with E-state index in [9.17, 15) is 9.59 Å². The van der Waals surface area contributed by atoms with E-state index < -0.39 is 6.04 Å². The molecule has 0 bridgehead atoms. The highest BCUT2D eigenvalue weighted by Gasteiger charge is 2.25. The Bertz CT molecular complexity index is 564. The van der Waals surface area contributed by atoms with E-state index in [0.29, 0.717) is 4.88 Å². The average molecular weight is 293 g/mol. The lowest BCUT2D eigenvalue weighted by atomic mass is 10.0. The van der Waals surface area contributed by atoms with Crippen LogP contribution in [0.1, 0.15) is 23.5 Å². The largest absolute Gasteiger partial charge is 0.432 e.